The van der Waals surface area contributed by atoms with Crippen LogP contribution in [-0.4, -0.2) is 39.0 Å². The van der Waals surface area contributed by atoms with Gasteiger partial charge in [0.05, 0.1) is 4.91 Å². The zero-order chi connectivity index (χ0) is 21.5. The first-order valence-corrected chi connectivity index (χ1v) is 11.3. The molecule has 1 fully saturated rings. The third-order valence-corrected chi connectivity index (χ3v) is 6.35. The van der Waals surface area contributed by atoms with Gasteiger partial charge < -0.3 is 4.90 Å². The van der Waals surface area contributed by atoms with Crippen molar-refractivity contribution < 1.29 is 9.59 Å². The van der Waals surface area contributed by atoms with Crippen molar-refractivity contribution in [2.24, 2.45) is 0 Å². The molecule has 1 aliphatic heterocycles. The van der Waals surface area contributed by atoms with Crippen LogP contribution in [0.2, 0.25) is 0 Å². The predicted octanol–water partition coefficient (Wildman–Crippen LogP) is 5.03. The molecule has 0 radical (unpaired) electrons. The van der Waals surface area contributed by atoms with E-state index in [2.05, 4.69) is 0 Å². The largest absolute Gasteiger partial charge is 0.339 e. The lowest BCUT2D eigenvalue weighted by Gasteiger charge is -2.22. The Morgan fingerprint density at radius 3 is 2.50 bits per heavy atom. The van der Waals surface area contributed by atoms with Crippen LogP contribution in [0.25, 0.3) is 6.08 Å². The Balaban J connectivity index is 1.53. The number of thioether (sulfide) groups is 1. The number of carbonyl (C=O) groups excluding carboxylic acids is 2. The number of carbonyl (C=O) groups is 2. The van der Waals surface area contributed by atoms with Crippen LogP contribution in [0.5, 0.6) is 0 Å². The molecule has 156 valence electrons. The molecule has 0 bridgehead atoms. The molecule has 0 aromatic heterocycles. The van der Waals surface area contributed by atoms with Crippen LogP contribution in [0.4, 0.5) is 0 Å². The Bertz CT molecular complexity index is 939. The van der Waals surface area contributed by atoms with Gasteiger partial charge in [0.2, 0.25) is 5.91 Å². The Labute approximate surface area is 187 Å². The second-order valence-electron chi connectivity index (χ2n) is 7.24. The highest BCUT2D eigenvalue weighted by molar-refractivity contribution is 8.26. The van der Waals surface area contributed by atoms with E-state index in [1.54, 1.807) is 4.90 Å². The van der Waals surface area contributed by atoms with E-state index in [1.807, 2.05) is 79.4 Å². The zero-order valence-electron chi connectivity index (χ0n) is 17.3. The minimum absolute atomic E-state index is 0.0744. The van der Waals surface area contributed by atoms with E-state index in [-0.39, 0.29) is 11.8 Å². The fourth-order valence-electron chi connectivity index (χ4n) is 3.23. The molecule has 2 aromatic carbocycles. The molecule has 0 saturated carbocycles. The maximum absolute atomic E-state index is 12.7. The highest BCUT2D eigenvalue weighted by Gasteiger charge is 2.31. The number of hydrogen-bond acceptors (Lipinski definition) is 4. The lowest BCUT2D eigenvalue weighted by molar-refractivity contribution is -0.132. The van der Waals surface area contributed by atoms with E-state index in [0.717, 1.165) is 11.1 Å². The maximum atomic E-state index is 12.7. The Hall–Kier alpha value is -2.44. The standard InChI is InChI=1S/C24H26N2O2S2/c1-3-25(17-20-8-5-4-6-9-20)22(27)10-7-15-26-23(28)21(30-24(26)29)16-19-13-11-18(2)12-14-19/h4-6,8-9,11-14,16H,3,7,10,15,17H2,1-2H3/b21-16-. The smallest absolute Gasteiger partial charge is 0.266 e. The lowest BCUT2D eigenvalue weighted by atomic mass is 10.1. The summed E-state index contributed by atoms with van der Waals surface area (Å²) in [7, 11) is 0. The first-order valence-electron chi connectivity index (χ1n) is 10.1. The number of aryl methyl sites for hydroxylation is 1. The van der Waals surface area contributed by atoms with Gasteiger partial charge in [0.1, 0.15) is 4.32 Å². The van der Waals surface area contributed by atoms with Gasteiger partial charge in [0.25, 0.3) is 5.91 Å². The SMILES string of the molecule is CCN(Cc1ccccc1)C(=O)CCCN1C(=O)/C(=C/c2ccc(C)cc2)SC1=S. The van der Waals surface area contributed by atoms with Gasteiger partial charge in [-0.15, -0.1) is 0 Å². The maximum Gasteiger partial charge on any atom is 0.266 e. The molecule has 4 nitrogen and oxygen atoms in total. The normalized spacial score (nSPS) is 15.1. The van der Waals surface area contributed by atoms with E-state index in [0.29, 0.717) is 41.7 Å². The van der Waals surface area contributed by atoms with E-state index < -0.39 is 0 Å². The highest BCUT2D eigenvalue weighted by atomic mass is 32.2. The predicted molar refractivity (Wildman–Crippen MR) is 128 cm³/mol. The van der Waals surface area contributed by atoms with Crippen LogP contribution in [0.3, 0.4) is 0 Å². The fraction of sp³-hybridized carbons (Fsp3) is 0.292. The van der Waals surface area contributed by atoms with Gasteiger partial charge in [-0.05, 0) is 37.5 Å². The van der Waals surface area contributed by atoms with E-state index in [9.17, 15) is 9.59 Å². The summed E-state index contributed by atoms with van der Waals surface area (Å²) in [5.41, 5.74) is 3.28. The monoisotopic (exact) mass is 438 g/mol. The van der Waals surface area contributed by atoms with Crippen LogP contribution in [0.1, 0.15) is 36.5 Å². The van der Waals surface area contributed by atoms with E-state index in [1.165, 1.54) is 17.3 Å². The molecule has 0 aliphatic carbocycles. The third-order valence-electron chi connectivity index (χ3n) is 4.97. The summed E-state index contributed by atoms with van der Waals surface area (Å²) >= 11 is 6.73. The summed E-state index contributed by atoms with van der Waals surface area (Å²) < 4.78 is 0.558. The Morgan fingerprint density at radius 2 is 1.83 bits per heavy atom. The number of rotatable bonds is 8. The van der Waals surface area contributed by atoms with Crippen LogP contribution in [0, 0.1) is 6.92 Å². The molecule has 1 heterocycles. The van der Waals surface area contributed by atoms with Crippen LogP contribution >= 0.6 is 24.0 Å². The number of amides is 2. The van der Waals surface area contributed by atoms with Gasteiger partial charge in [-0.2, -0.15) is 0 Å². The quantitative estimate of drug-likeness (QED) is 0.428. The summed E-state index contributed by atoms with van der Waals surface area (Å²) in [6.07, 6.45) is 2.87. The number of nitrogens with zero attached hydrogens (tertiary/aromatic N) is 2. The van der Waals surface area contributed by atoms with E-state index in [4.69, 9.17) is 12.2 Å². The van der Waals surface area contributed by atoms with Crippen molar-refractivity contribution >= 4 is 46.2 Å². The molecule has 3 rings (SSSR count). The molecular formula is C24H26N2O2S2. The molecule has 1 saturated heterocycles. The molecule has 0 atom stereocenters. The second-order valence-corrected chi connectivity index (χ2v) is 8.92. The summed E-state index contributed by atoms with van der Waals surface area (Å²) in [6.45, 7) is 5.75. The van der Waals surface area contributed by atoms with Crippen LogP contribution < -0.4 is 0 Å². The molecule has 0 unspecified atom stereocenters. The van der Waals surface area contributed by atoms with Gasteiger partial charge in [-0.25, -0.2) is 0 Å². The molecule has 0 N–H and O–H groups in total. The van der Waals surface area contributed by atoms with Crippen LogP contribution in [-0.2, 0) is 16.1 Å². The molecule has 2 aromatic rings. The summed E-state index contributed by atoms with van der Waals surface area (Å²) in [4.78, 5) is 29.5. The van der Waals surface area contributed by atoms with E-state index >= 15 is 0 Å². The van der Waals surface area contributed by atoms with Crippen molar-refractivity contribution in [2.75, 3.05) is 13.1 Å². The third kappa shape index (κ3) is 5.80. The first kappa shape index (κ1) is 22.2. The molecule has 1 aliphatic rings. The van der Waals surface area contributed by atoms with Gasteiger partial charge in [0.15, 0.2) is 0 Å². The van der Waals surface area contributed by atoms with Gasteiger partial charge in [-0.1, -0.05) is 84.1 Å². The molecule has 2 amide bonds. The van der Waals surface area contributed by atoms with Crippen molar-refractivity contribution in [1.82, 2.24) is 9.80 Å². The van der Waals surface area contributed by atoms with Gasteiger partial charge in [-0.3, -0.25) is 14.5 Å². The summed E-state index contributed by atoms with van der Waals surface area (Å²) in [5.74, 6) is 0.0247. The Kier molecular flexibility index (Phi) is 7.82. The van der Waals surface area contributed by atoms with Crippen molar-refractivity contribution in [2.45, 2.75) is 33.2 Å². The second kappa shape index (κ2) is 10.5. The summed E-state index contributed by atoms with van der Waals surface area (Å²) in [5, 5.41) is 0. The fourth-order valence-corrected chi connectivity index (χ4v) is 4.54. The van der Waals surface area contributed by atoms with Crippen LogP contribution in [0.15, 0.2) is 59.5 Å². The topological polar surface area (TPSA) is 40.6 Å². The van der Waals surface area contributed by atoms with Crippen molar-refractivity contribution in [3.8, 4) is 0 Å². The van der Waals surface area contributed by atoms with Crippen molar-refractivity contribution in [3.63, 3.8) is 0 Å². The minimum Gasteiger partial charge on any atom is -0.339 e. The molecular weight excluding hydrogens is 412 g/mol. The average molecular weight is 439 g/mol. The molecule has 0 spiro atoms. The Morgan fingerprint density at radius 1 is 1.13 bits per heavy atom. The average Bonchev–Trinajstić information content (AvgIpc) is 3.01. The first-order chi connectivity index (χ1) is 14.5. The van der Waals surface area contributed by atoms with Gasteiger partial charge in [0, 0.05) is 26.1 Å². The van der Waals surface area contributed by atoms with Gasteiger partial charge >= 0.3 is 0 Å². The number of hydrogen-bond donors (Lipinski definition) is 0. The molecule has 6 heteroatoms. The van der Waals surface area contributed by atoms with Crippen molar-refractivity contribution in [3.05, 3.63) is 76.2 Å². The summed E-state index contributed by atoms with van der Waals surface area (Å²) in [6, 6.07) is 18.0. The number of thiocarbonyl (C=S) groups is 1. The lowest BCUT2D eigenvalue weighted by Crippen LogP contribution is -2.32. The molecule has 30 heavy (non-hydrogen) atoms. The van der Waals surface area contributed by atoms with Crippen molar-refractivity contribution in [1.29, 1.82) is 0 Å². The highest BCUT2D eigenvalue weighted by Crippen LogP contribution is 2.32. The minimum atomic E-state index is -0.0744. The zero-order valence-corrected chi connectivity index (χ0v) is 19.0. The number of benzene rings is 2.